The molecule has 2 atom stereocenters. The number of nitrogens with one attached hydrogen (secondary N) is 1. The van der Waals surface area contributed by atoms with Gasteiger partial charge in [0.15, 0.2) is 0 Å². The number of aliphatic hydroxyl groups excluding tert-OH is 1. The quantitative estimate of drug-likeness (QED) is 0.720. The smallest absolute Gasteiger partial charge is 0.0680 e. The van der Waals surface area contributed by atoms with Gasteiger partial charge in [-0.1, -0.05) is 0 Å². The largest absolute Gasteiger partial charge is 0.392 e. The van der Waals surface area contributed by atoms with Crippen molar-refractivity contribution < 1.29 is 5.11 Å². The molecule has 0 radical (unpaired) electrons. The molecule has 4 nitrogen and oxygen atoms in total. The third-order valence-electron chi connectivity index (χ3n) is 4.00. The average molecular weight is 241 g/mol. The van der Waals surface area contributed by atoms with Gasteiger partial charge in [-0.2, -0.15) is 0 Å². The van der Waals surface area contributed by atoms with Crippen LogP contribution in [0, 0.1) is 0 Å². The lowest BCUT2D eigenvalue weighted by Gasteiger charge is -2.42. The molecular weight excluding hydrogens is 214 g/mol. The van der Waals surface area contributed by atoms with E-state index in [1.165, 1.54) is 13.1 Å². The summed E-state index contributed by atoms with van der Waals surface area (Å²) in [7, 11) is 0. The van der Waals surface area contributed by atoms with Crippen molar-refractivity contribution >= 4 is 0 Å². The minimum atomic E-state index is -0.129. The van der Waals surface area contributed by atoms with E-state index in [0.717, 1.165) is 32.6 Å². The van der Waals surface area contributed by atoms with Crippen molar-refractivity contribution in [3.05, 3.63) is 0 Å². The second-order valence-electron chi connectivity index (χ2n) is 6.45. The van der Waals surface area contributed by atoms with Crippen LogP contribution in [0.5, 0.6) is 0 Å². The first-order valence-electron chi connectivity index (χ1n) is 6.84. The van der Waals surface area contributed by atoms with Gasteiger partial charge >= 0.3 is 0 Å². The molecule has 0 aromatic heterocycles. The Labute approximate surface area is 105 Å². The highest BCUT2D eigenvalue weighted by molar-refractivity contribution is 4.87. The predicted molar refractivity (Wildman–Crippen MR) is 70.2 cm³/mol. The first-order valence-corrected chi connectivity index (χ1v) is 6.84. The molecule has 2 saturated heterocycles. The van der Waals surface area contributed by atoms with Gasteiger partial charge in [0.2, 0.25) is 0 Å². The van der Waals surface area contributed by atoms with Crippen LogP contribution >= 0.6 is 0 Å². The predicted octanol–water partition coefficient (Wildman–Crippen LogP) is 0.125. The van der Waals surface area contributed by atoms with Crippen molar-refractivity contribution in [1.82, 2.24) is 15.1 Å². The van der Waals surface area contributed by atoms with Crippen LogP contribution in [-0.4, -0.2) is 71.9 Å². The number of β-amino-alcohol motifs (C(OH)–C–C–N with tert-alkyl or cyclic N) is 1. The number of rotatable bonds is 2. The number of hydrogen-bond donors (Lipinski definition) is 2. The van der Waals surface area contributed by atoms with Gasteiger partial charge in [-0.3, -0.25) is 9.80 Å². The third-order valence-corrected chi connectivity index (χ3v) is 4.00. The minimum absolute atomic E-state index is 0.129. The van der Waals surface area contributed by atoms with Crippen LogP contribution in [0.25, 0.3) is 0 Å². The van der Waals surface area contributed by atoms with E-state index in [1.807, 2.05) is 0 Å². The van der Waals surface area contributed by atoms with E-state index in [0.29, 0.717) is 11.6 Å². The van der Waals surface area contributed by atoms with Gasteiger partial charge in [0.25, 0.3) is 0 Å². The number of piperazine rings is 1. The third kappa shape index (κ3) is 3.65. The highest BCUT2D eigenvalue weighted by Crippen LogP contribution is 2.16. The summed E-state index contributed by atoms with van der Waals surface area (Å²) in [6, 6.07) is 0.492. The average Bonchev–Trinajstić information content (AvgIpc) is 2.63. The molecule has 17 heavy (non-hydrogen) atoms. The maximum absolute atomic E-state index is 9.49. The molecule has 100 valence electrons. The molecule has 2 rings (SSSR count). The summed E-state index contributed by atoms with van der Waals surface area (Å²) in [5.74, 6) is 0. The van der Waals surface area contributed by atoms with Crippen molar-refractivity contribution in [1.29, 1.82) is 0 Å². The van der Waals surface area contributed by atoms with Gasteiger partial charge in [0, 0.05) is 50.8 Å². The van der Waals surface area contributed by atoms with Crippen molar-refractivity contribution in [2.45, 2.75) is 44.9 Å². The van der Waals surface area contributed by atoms with E-state index in [1.54, 1.807) is 0 Å². The topological polar surface area (TPSA) is 38.7 Å². The Kier molecular flexibility index (Phi) is 4.08. The summed E-state index contributed by atoms with van der Waals surface area (Å²) in [5, 5.41) is 12.9. The Balaban J connectivity index is 1.72. The first-order chi connectivity index (χ1) is 7.95. The van der Waals surface area contributed by atoms with Crippen molar-refractivity contribution in [2.75, 3.05) is 39.3 Å². The molecule has 0 aliphatic carbocycles. The Hall–Kier alpha value is -0.160. The number of hydrogen-bond acceptors (Lipinski definition) is 4. The summed E-state index contributed by atoms with van der Waals surface area (Å²) in [5.41, 5.74) is 0.299. The van der Waals surface area contributed by atoms with E-state index in [-0.39, 0.29) is 6.10 Å². The van der Waals surface area contributed by atoms with Gasteiger partial charge < -0.3 is 10.4 Å². The van der Waals surface area contributed by atoms with Crippen LogP contribution in [0.3, 0.4) is 0 Å². The van der Waals surface area contributed by atoms with Crippen LogP contribution in [0.15, 0.2) is 0 Å². The molecule has 2 fully saturated rings. The highest BCUT2D eigenvalue weighted by Gasteiger charge is 2.28. The monoisotopic (exact) mass is 241 g/mol. The second-order valence-corrected chi connectivity index (χ2v) is 6.45. The zero-order valence-corrected chi connectivity index (χ0v) is 11.4. The summed E-state index contributed by atoms with van der Waals surface area (Å²) in [6.07, 6.45) is 0.787. The highest BCUT2D eigenvalue weighted by atomic mass is 16.3. The Morgan fingerprint density at radius 1 is 1.18 bits per heavy atom. The molecule has 0 aromatic carbocycles. The van der Waals surface area contributed by atoms with Crippen molar-refractivity contribution in [3.63, 3.8) is 0 Å². The summed E-state index contributed by atoms with van der Waals surface area (Å²) < 4.78 is 0. The fourth-order valence-electron chi connectivity index (χ4n) is 2.85. The lowest BCUT2D eigenvalue weighted by molar-refractivity contribution is 0.0583. The summed E-state index contributed by atoms with van der Waals surface area (Å²) >= 11 is 0. The maximum atomic E-state index is 9.49. The van der Waals surface area contributed by atoms with E-state index in [2.05, 4.69) is 35.9 Å². The molecule has 2 aliphatic rings. The SMILES string of the molecule is CC(C)(C)N1CCN(CC2CC(O)CN2)CC1. The number of aliphatic hydroxyl groups is 1. The standard InChI is InChI=1S/C13H27N3O/c1-13(2,3)16-6-4-15(5-7-16)10-11-8-12(17)9-14-11/h11-12,14,17H,4-10H2,1-3H3. The van der Waals surface area contributed by atoms with Crippen LogP contribution < -0.4 is 5.32 Å². The molecule has 0 amide bonds. The molecule has 0 aromatic rings. The van der Waals surface area contributed by atoms with Crippen LogP contribution in [0.1, 0.15) is 27.2 Å². The zero-order chi connectivity index (χ0) is 12.5. The first kappa shape index (κ1) is 13.3. The zero-order valence-electron chi connectivity index (χ0n) is 11.4. The van der Waals surface area contributed by atoms with Crippen LogP contribution in [-0.2, 0) is 0 Å². The molecular formula is C13H27N3O. The van der Waals surface area contributed by atoms with Gasteiger partial charge in [-0.15, -0.1) is 0 Å². The normalized spacial score (nSPS) is 33.2. The van der Waals surface area contributed by atoms with Gasteiger partial charge in [0.05, 0.1) is 6.10 Å². The Bertz CT molecular complexity index is 244. The molecule has 2 heterocycles. The fraction of sp³-hybridized carbons (Fsp3) is 1.00. The summed E-state index contributed by atoms with van der Waals surface area (Å²) in [6.45, 7) is 13.4. The van der Waals surface area contributed by atoms with Gasteiger partial charge in [-0.25, -0.2) is 0 Å². The second kappa shape index (κ2) is 5.22. The fourth-order valence-corrected chi connectivity index (χ4v) is 2.85. The molecule has 2 aliphatic heterocycles. The van der Waals surface area contributed by atoms with Crippen LogP contribution in [0.4, 0.5) is 0 Å². The molecule has 4 heteroatoms. The number of nitrogens with zero attached hydrogens (tertiary/aromatic N) is 2. The van der Waals surface area contributed by atoms with E-state index < -0.39 is 0 Å². The van der Waals surface area contributed by atoms with Crippen molar-refractivity contribution in [3.8, 4) is 0 Å². The Morgan fingerprint density at radius 2 is 1.82 bits per heavy atom. The maximum Gasteiger partial charge on any atom is 0.0680 e. The van der Waals surface area contributed by atoms with Crippen LogP contribution in [0.2, 0.25) is 0 Å². The minimum Gasteiger partial charge on any atom is -0.392 e. The van der Waals surface area contributed by atoms with E-state index >= 15 is 0 Å². The van der Waals surface area contributed by atoms with E-state index in [4.69, 9.17) is 0 Å². The molecule has 0 spiro atoms. The molecule has 2 N–H and O–H groups in total. The van der Waals surface area contributed by atoms with Gasteiger partial charge in [-0.05, 0) is 27.2 Å². The molecule has 0 bridgehead atoms. The van der Waals surface area contributed by atoms with Gasteiger partial charge in [0.1, 0.15) is 0 Å². The lowest BCUT2D eigenvalue weighted by atomic mass is 10.0. The Morgan fingerprint density at radius 3 is 2.29 bits per heavy atom. The molecule has 0 saturated carbocycles. The lowest BCUT2D eigenvalue weighted by Crippen LogP contribution is -2.55. The van der Waals surface area contributed by atoms with E-state index in [9.17, 15) is 5.11 Å². The van der Waals surface area contributed by atoms with Crippen molar-refractivity contribution in [2.24, 2.45) is 0 Å². The molecule has 2 unspecified atom stereocenters. The summed E-state index contributed by atoms with van der Waals surface area (Å²) in [4.78, 5) is 5.08.